The molecule has 0 spiro atoms. The van der Waals surface area contributed by atoms with Crippen LogP contribution in [-0.2, 0) is 14.3 Å². The zero-order valence-corrected chi connectivity index (χ0v) is 14.7. The monoisotopic (exact) mass is 326 g/mol. The number of ether oxygens (including phenoxy) is 2. The Morgan fingerprint density at radius 3 is 2.61 bits per heavy atom. The number of piperidine rings is 1. The molecule has 3 atom stereocenters. The molecule has 0 aromatic heterocycles. The maximum atomic E-state index is 11.9. The lowest BCUT2D eigenvalue weighted by molar-refractivity contribution is -0.678. The summed E-state index contributed by atoms with van der Waals surface area (Å²) in [7, 11) is 5.38. The average molecular weight is 326 g/mol. The molecule has 132 valence electrons. The topological polar surface area (TPSA) is 58.6 Å². The van der Waals surface area contributed by atoms with E-state index >= 15 is 0 Å². The highest BCUT2D eigenvalue weighted by atomic mass is 16.5. The quantitative estimate of drug-likeness (QED) is 0.715. The van der Waals surface area contributed by atoms with Crippen LogP contribution in [0.1, 0.15) is 32.1 Å². The Hall–Kier alpha value is -0.690. The molecule has 0 aromatic rings. The van der Waals surface area contributed by atoms with Gasteiger partial charge in [-0.05, 0) is 38.6 Å². The molecule has 2 heterocycles. The van der Waals surface area contributed by atoms with Gasteiger partial charge in [0, 0.05) is 26.6 Å². The van der Waals surface area contributed by atoms with Gasteiger partial charge < -0.3 is 14.8 Å². The number of esters is 1. The van der Waals surface area contributed by atoms with Crippen molar-refractivity contribution in [3.8, 4) is 0 Å². The van der Waals surface area contributed by atoms with Gasteiger partial charge in [0.05, 0.1) is 19.3 Å². The summed E-state index contributed by atoms with van der Waals surface area (Å²) in [6, 6.07) is 1.03. The van der Waals surface area contributed by atoms with Crippen molar-refractivity contribution in [1.29, 1.82) is 0 Å². The van der Waals surface area contributed by atoms with Crippen molar-refractivity contribution in [1.82, 2.24) is 9.80 Å². The molecule has 3 fully saturated rings. The minimum atomic E-state index is -0.0873. The number of hydrogen-bond acceptors (Lipinski definition) is 5. The minimum Gasteiger partial charge on any atom is -0.468 e. The Bertz CT molecular complexity index is 412. The van der Waals surface area contributed by atoms with E-state index in [0.29, 0.717) is 18.2 Å². The fourth-order valence-corrected chi connectivity index (χ4v) is 4.70. The normalized spacial score (nSPS) is 39.2. The summed E-state index contributed by atoms with van der Waals surface area (Å²) in [5.74, 6) is 0.716. The second-order valence-electron chi connectivity index (χ2n) is 7.51. The Balaban J connectivity index is 1.53. The lowest BCUT2D eigenvalue weighted by atomic mass is 9.86. The average Bonchev–Trinajstić information content (AvgIpc) is 2.96. The third kappa shape index (κ3) is 3.71. The second-order valence-corrected chi connectivity index (χ2v) is 7.51. The van der Waals surface area contributed by atoms with Crippen LogP contribution in [0.15, 0.2) is 0 Å². The van der Waals surface area contributed by atoms with E-state index in [1.807, 2.05) is 7.11 Å². The smallest absolute Gasteiger partial charge is 0.323 e. The number of fused-ring (bicyclic) bond motifs is 1. The number of methoxy groups -OCH3 is 2. The number of hydrogen-bond donors (Lipinski definition) is 1. The number of carbonyl (C=O) groups is 1. The zero-order valence-electron chi connectivity index (χ0n) is 14.7. The van der Waals surface area contributed by atoms with Crippen LogP contribution < -0.4 is 5.32 Å². The lowest BCUT2D eigenvalue weighted by Gasteiger charge is -2.39. The van der Waals surface area contributed by atoms with Gasteiger partial charge >= 0.3 is 5.97 Å². The third-order valence-corrected chi connectivity index (χ3v) is 6.20. The van der Waals surface area contributed by atoms with Gasteiger partial charge in [0.25, 0.3) is 0 Å². The first-order valence-corrected chi connectivity index (χ1v) is 9.00. The Morgan fingerprint density at radius 2 is 1.96 bits per heavy atom. The molecule has 2 N–H and O–H groups in total. The van der Waals surface area contributed by atoms with Gasteiger partial charge in [0.2, 0.25) is 0 Å². The van der Waals surface area contributed by atoms with Crippen LogP contribution >= 0.6 is 0 Å². The minimum absolute atomic E-state index is 0.0745. The van der Waals surface area contributed by atoms with E-state index in [1.54, 1.807) is 0 Å². The number of likely N-dealkylation sites (tertiary alicyclic amines) is 1. The van der Waals surface area contributed by atoms with E-state index in [0.717, 1.165) is 25.6 Å². The van der Waals surface area contributed by atoms with Gasteiger partial charge in [-0.3, -0.25) is 9.69 Å². The summed E-state index contributed by atoms with van der Waals surface area (Å²) in [6.45, 7) is 3.24. The summed E-state index contributed by atoms with van der Waals surface area (Å²) in [4.78, 5) is 16.7. The van der Waals surface area contributed by atoms with Crippen molar-refractivity contribution < 1.29 is 19.6 Å². The number of nitrogens with zero attached hydrogens (tertiary/aromatic N) is 2. The first-order valence-electron chi connectivity index (χ1n) is 9.00. The van der Waals surface area contributed by atoms with Gasteiger partial charge in [0.1, 0.15) is 18.8 Å². The Labute approximate surface area is 139 Å². The first kappa shape index (κ1) is 17.1. The number of likely N-dealkylation sites (N-methyl/N-ethyl adjacent to an activating group) is 1. The van der Waals surface area contributed by atoms with Crippen molar-refractivity contribution >= 4 is 5.97 Å². The van der Waals surface area contributed by atoms with Crippen LogP contribution in [0.25, 0.3) is 0 Å². The van der Waals surface area contributed by atoms with Crippen LogP contribution in [0, 0.1) is 5.92 Å². The van der Waals surface area contributed by atoms with E-state index in [4.69, 9.17) is 9.47 Å². The van der Waals surface area contributed by atoms with Crippen LogP contribution in [0.3, 0.4) is 0 Å². The fourth-order valence-electron chi connectivity index (χ4n) is 4.70. The summed E-state index contributed by atoms with van der Waals surface area (Å²) < 4.78 is 10.4. The molecule has 3 aliphatic rings. The van der Waals surface area contributed by atoms with Crippen LogP contribution in [0.5, 0.6) is 0 Å². The highest BCUT2D eigenvalue weighted by Crippen LogP contribution is 2.29. The third-order valence-electron chi connectivity index (χ3n) is 6.20. The molecule has 2 saturated heterocycles. The van der Waals surface area contributed by atoms with Crippen molar-refractivity contribution in [2.45, 2.75) is 56.3 Å². The lowest BCUT2D eigenvalue weighted by Crippen LogP contribution is -2.89. The molecule has 6 nitrogen and oxygen atoms in total. The standard InChI is InChI=1S/C17H31N3O3/c1-19-10-16-14(8-15(19)17(21)23-3)18-11-20(16)9-12-4-6-13(22-2)7-5-12/h12-16,18H,4-11H2,1-3H3/p+1/t12?,13?,14?,15-,16?/m0/s1. The summed E-state index contributed by atoms with van der Waals surface area (Å²) in [5.41, 5.74) is 0. The molecular formula is C17H32N3O3+. The van der Waals surface area contributed by atoms with Crippen molar-refractivity contribution in [2.75, 3.05) is 41.0 Å². The molecular weight excluding hydrogens is 294 g/mol. The van der Waals surface area contributed by atoms with Crippen LogP contribution in [0.2, 0.25) is 0 Å². The molecule has 2 aliphatic heterocycles. The predicted molar refractivity (Wildman–Crippen MR) is 86.9 cm³/mol. The number of nitrogens with two attached hydrogens (primary N) is 1. The summed E-state index contributed by atoms with van der Waals surface area (Å²) in [6.07, 6.45) is 6.36. The summed E-state index contributed by atoms with van der Waals surface area (Å²) >= 11 is 0. The van der Waals surface area contributed by atoms with E-state index in [9.17, 15) is 4.79 Å². The molecule has 2 unspecified atom stereocenters. The van der Waals surface area contributed by atoms with Gasteiger partial charge in [-0.1, -0.05) is 0 Å². The van der Waals surface area contributed by atoms with Crippen molar-refractivity contribution in [3.63, 3.8) is 0 Å². The molecule has 0 amide bonds. The number of carbonyl (C=O) groups excluding carboxylic acids is 1. The van der Waals surface area contributed by atoms with Crippen LogP contribution in [-0.4, -0.2) is 81.0 Å². The predicted octanol–water partition coefficient (Wildman–Crippen LogP) is -0.358. The van der Waals surface area contributed by atoms with Crippen molar-refractivity contribution in [2.24, 2.45) is 5.92 Å². The molecule has 1 saturated carbocycles. The van der Waals surface area contributed by atoms with Gasteiger partial charge in [-0.15, -0.1) is 0 Å². The maximum absolute atomic E-state index is 11.9. The molecule has 3 rings (SSSR count). The highest BCUT2D eigenvalue weighted by Gasteiger charge is 2.46. The Morgan fingerprint density at radius 1 is 1.22 bits per heavy atom. The highest BCUT2D eigenvalue weighted by molar-refractivity contribution is 5.75. The van der Waals surface area contributed by atoms with E-state index in [2.05, 4.69) is 22.2 Å². The molecule has 6 heteroatoms. The largest absolute Gasteiger partial charge is 0.468 e. The zero-order chi connectivity index (χ0) is 16.4. The van der Waals surface area contributed by atoms with Gasteiger partial charge in [-0.25, -0.2) is 4.90 Å². The van der Waals surface area contributed by atoms with Gasteiger partial charge in [0.15, 0.2) is 0 Å². The van der Waals surface area contributed by atoms with Crippen molar-refractivity contribution in [3.05, 3.63) is 0 Å². The van der Waals surface area contributed by atoms with Gasteiger partial charge in [-0.2, -0.15) is 0 Å². The fraction of sp³-hybridized carbons (Fsp3) is 0.941. The molecule has 0 bridgehead atoms. The molecule has 0 radical (unpaired) electrons. The van der Waals surface area contributed by atoms with E-state index in [-0.39, 0.29) is 12.0 Å². The number of quaternary nitrogens is 1. The van der Waals surface area contributed by atoms with E-state index in [1.165, 1.54) is 39.3 Å². The molecule has 0 aromatic carbocycles. The SMILES string of the molecule is COC(=O)[C@@H]1CC2[NH2+]CN(CC3CCC(OC)CC3)C2CN1C. The summed E-state index contributed by atoms with van der Waals surface area (Å²) in [5, 5.41) is 2.42. The van der Waals surface area contributed by atoms with Crippen LogP contribution in [0.4, 0.5) is 0 Å². The second kappa shape index (κ2) is 7.47. The first-order chi connectivity index (χ1) is 11.1. The Kier molecular flexibility index (Phi) is 5.57. The number of rotatable bonds is 4. The molecule has 23 heavy (non-hydrogen) atoms. The molecule has 1 aliphatic carbocycles. The maximum Gasteiger partial charge on any atom is 0.323 e. The van der Waals surface area contributed by atoms with E-state index < -0.39 is 0 Å².